The van der Waals surface area contributed by atoms with Crippen LogP contribution in [0.25, 0.3) is 0 Å². The van der Waals surface area contributed by atoms with Gasteiger partial charge >= 0.3 is 0 Å². The van der Waals surface area contributed by atoms with E-state index in [9.17, 15) is 5.11 Å². The van der Waals surface area contributed by atoms with E-state index in [4.69, 9.17) is 4.52 Å². The van der Waals surface area contributed by atoms with Crippen LogP contribution in [-0.2, 0) is 6.42 Å². The Labute approximate surface area is 154 Å². The quantitative estimate of drug-likeness (QED) is 0.589. The maximum absolute atomic E-state index is 9.45. The number of aliphatic hydroxyl groups excluding tert-OH is 1. The minimum absolute atomic E-state index is 0.198. The summed E-state index contributed by atoms with van der Waals surface area (Å²) in [6.07, 6.45) is 9.61. The normalized spacial score (nSPS) is 38.2. The molecule has 0 saturated heterocycles. The van der Waals surface area contributed by atoms with Crippen LogP contribution in [0.3, 0.4) is 0 Å². The first-order valence-corrected chi connectivity index (χ1v) is 10.4. The second-order valence-corrected chi connectivity index (χ2v) is 8.78. The fraction of sp³-hybridized carbons (Fsp3) is 0.636. The van der Waals surface area contributed by atoms with E-state index >= 15 is 0 Å². The molecule has 0 spiro atoms. The monoisotopic (exact) mass is 358 g/mol. The third-order valence-corrected chi connectivity index (χ3v) is 7.99. The van der Waals surface area contributed by atoms with E-state index in [1.165, 1.54) is 49.7 Å². The largest absolute Gasteiger partial charge is 0.480 e. The standard InChI is InChI=1S/C22H31O2P/c1-3-14-12-15-13-17(24-25)5-6-18(15)19-8-10-22(2)16(9-11-23)4-7-20(22)21(14)19/h5-6,9,13-14,19-21,23H,3-4,7-8,10-12,25H2,1-2H3/b16-9+. The van der Waals surface area contributed by atoms with Crippen molar-refractivity contribution in [2.45, 2.75) is 58.3 Å². The number of fused-ring (bicyclic) bond motifs is 5. The Hall–Kier alpha value is -0.850. The summed E-state index contributed by atoms with van der Waals surface area (Å²) >= 11 is 0. The number of benzene rings is 1. The molecule has 136 valence electrons. The van der Waals surface area contributed by atoms with Crippen molar-refractivity contribution >= 4 is 9.47 Å². The molecule has 1 aromatic rings. The Morgan fingerprint density at radius 3 is 2.92 bits per heavy atom. The van der Waals surface area contributed by atoms with E-state index in [1.807, 2.05) is 0 Å². The average molecular weight is 358 g/mol. The Balaban J connectivity index is 1.73. The number of hydrogen-bond acceptors (Lipinski definition) is 2. The van der Waals surface area contributed by atoms with E-state index in [0.717, 1.165) is 23.5 Å². The van der Waals surface area contributed by atoms with E-state index in [-0.39, 0.29) is 6.61 Å². The highest BCUT2D eigenvalue weighted by atomic mass is 31.0. The molecule has 0 amide bonds. The second-order valence-electron chi connectivity index (χ2n) is 8.55. The average Bonchev–Trinajstić information content (AvgIpc) is 2.97. The molecule has 0 heterocycles. The fourth-order valence-electron chi connectivity index (χ4n) is 6.54. The van der Waals surface area contributed by atoms with Crippen molar-refractivity contribution in [3.63, 3.8) is 0 Å². The minimum Gasteiger partial charge on any atom is -0.480 e. The number of rotatable bonds is 3. The molecule has 4 rings (SSSR count). The Morgan fingerprint density at radius 2 is 2.20 bits per heavy atom. The molecule has 1 N–H and O–H groups in total. The fourth-order valence-corrected chi connectivity index (χ4v) is 6.69. The highest BCUT2D eigenvalue weighted by Gasteiger charge is 2.54. The van der Waals surface area contributed by atoms with Crippen LogP contribution >= 0.6 is 9.47 Å². The van der Waals surface area contributed by atoms with Gasteiger partial charge < -0.3 is 9.63 Å². The molecule has 6 atom stereocenters. The second kappa shape index (κ2) is 6.71. The van der Waals surface area contributed by atoms with Gasteiger partial charge in [-0.2, -0.15) is 0 Å². The van der Waals surface area contributed by atoms with Crippen molar-refractivity contribution in [3.05, 3.63) is 41.0 Å². The van der Waals surface area contributed by atoms with Crippen molar-refractivity contribution in [3.8, 4) is 5.75 Å². The molecule has 3 aliphatic carbocycles. The molecular weight excluding hydrogens is 327 g/mol. The molecule has 2 saturated carbocycles. The lowest BCUT2D eigenvalue weighted by Gasteiger charge is -2.52. The minimum atomic E-state index is 0.198. The Morgan fingerprint density at radius 1 is 1.36 bits per heavy atom. The number of allylic oxidation sites excluding steroid dienone is 1. The van der Waals surface area contributed by atoms with Crippen LogP contribution in [0, 0.1) is 23.2 Å². The smallest absolute Gasteiger partial charge is 0.122 e. The summed E-state index contributed by atoms with van der Waals surface area (Å²) in [6, 6.07) is 6.73. The molecule has 3 heteroatoms. The molecular formula is C22H31O2P. The third kappa shape index (κ3) is 2.68. The molecule has 2 fully saturated rings. The van der Waals surface area contributed by atoms with Crippen LogP contribution in [0.5, 0.6) is 5.75 Å². The van der Waals surface area contributed by atoms with E-state index < -0.39 is 0 Å². The van der Waals surface area contributed by atoms with Crippen LogP contribution in [0.2, 0.25) is 0 Å². The van der Waals surface area contributed by atoms with Gasteiger partial charge in [-0.3, -0.25) is 0 Å². The summed E-state index contributed by atoms with van der Waals surface area (Å²) in [6.45, 7) is 5.05. The first kappa shape index (κ1) is 17.6. The molecule has 2 nitrogen and oxygen atoms in total. The van der Waals surface area contributed by atoms with Gasteiger partial charge in [0.25, 0.3) is 0 Å². The van der Waals surface area contributed by atoms with E-state index in [2.05, 4.69) is 47.6 Å². The molecule has 1 aromatic carbocycles. The molecule has 25 heavy (non-hydrogen) atoms. The summed E-state index contributed by atoms with van der Waals surface area (Å²) in [5.41, 5.74) is 4.95. The van der Waals surface area contributed by atoms with Crippen molar-refractivity contribution in [2.75, 3.05) is 6.61 Å². The SMILES string of the molecule is CCC1Cc2cc(OP)ccc2C2CCC3(C)/C(=C/CO)CCC3C12. The summed E-state index contributed by atoms with van der Waals surface area (Å²) < 4.78 is 5.40. The summed E-state index contributed by atoms with van der Waals surface area (Å²) in [5.74, 6) is 4.02. The number of aliphatic hydroxyl groups is 1. The lowest BCUT2D eigenvalue weighted by Crippen LogP contribution is -2.44. The Kier molecular flexibility index (Phi) is 4.71. The van der Waals surface area contributed by atoms with Crippen molar-refractivity contribution < 1.29 is 9.63 Å². The topological polar surface area (TPSA) is 29.5 Å². The maximum Gasteiger partial charge on any atom is 0.122 e. The highest BCUT2D eigenvalue weighted by molar-refractivity contribution is 7.10. The predicted molar refractivity (Wildman–Crippen MR) is 106 cm³/mol. The first-order chi connectivity index (χ1) is 12.1. The van der Waals surface area contributed by atoms with Crippen molar-refractivity contribution in [1.29, 1.82) is 0 Å². The van der Waals surface area contributed by atoms with Crippen molar-refractivity contribution in [2.24, 2.45) is 23.2 Å². The number of hydrogen-bond donors (Lipinski definition) is 1. The summed E-state index contributed by atoms with van der Waals surface area (Å²) in [4.78, 5) is 0. The molecule has 0 aromatic heterocycles. The predicted octanol–water partition coefficient (Wildman–Crippen LogP) is 5.27. The molecule has 0 radical (unpaired) electrons. The van der Waals surface area contributed by atoms with Crippen LogP contribution in [-0.4, -0.2) is 11.7 Å². The van der Waals surface area contributed by atoms with Gasteiger partial charge in [0.05, 0.1) is 16.1 Å². The Bertz CT molecular complexity index is 683. The summed E-state index contributed by atoms with van der Waals surface area (Å²) in [7, 11) is 2.37. The van der Waals surface area contributed by atoms with Crippen molar-refractivity contribution in [1.82, 2.24) is 0 Å². The maximum atomic E-state index is 9.45. The van der Waals surface area contributed by atoms with Crippen LogP contribution < -0.4 is 4.52 Å². The molecule has 3 aliphatic rings. The van der Waals surface area contributed by atoms with Gasteiger partial charge in [0.2, 0.25) is 0 Å². The van der Waals surface area contributed by atoms with Crippen LogP contribution in [0.15, 0.2) is 29.8 Å². The summed E-state index contributed by atoms with van der Waals surface area (Å²) in [5, 5.41) is 9.45. The van der Waals surface area contributed by atoms with Gasteiger partial charge in [-0.05, 0) is 84.5 Å². The van der Waals surface area contributed by atoms with Gasteiger partial charge in [-0.1, -0.05) is 38.0 Å². The van der Waals surface area contributed by atoms with E-state index in [0.29, 0.717) is 11.3 Å². The van der Waals surface area contributed by atoms with Gasteiger partial charge in [-0.15, -0.1) is 0 Å². The van der Waals surface area contributed by atoms with Crippen LogP contribution in [0.1, 0.15) is 63.0 Å². The molecule has 6 unspecified atom stereocenters. The highest BCUT2D eigenvalue weighted by Crippen LogP contribution is 2.64. The third-order valence-electron chi connectivity index (χ3n) is 7.72. The van der Waals surface area contributed by atoms with Gasteiger partial charge in [0.1, 0.15) is 5.75 Å². The zero-order valence-electron chi connectivity index (χ0n) is 15.5. The first-order valence-electron chi connectivity index (χ1n) is 9.92. The van der Waals surface area contributed by atoms with Gasteiger partial charge in [0.15, 0.2) is 0 Å². The van der Waals surface area contributed by atoms with Gasteiger partial charge in [0, 0.05) is 0 Å². The van der Waals surface area contributed by atoms with E-state index in [1.54, 1.807) is 5.56 Å². The molecule has 0 bridgehead atoms. The van der Waals surface area contributed by atoms with Gasteiger partial charge in [-0.25, -0.2) is 0 Å². The lowest BCUT2D eigenvalue weighted by molar-refractivity contribution is 0.0412. The zero-order valence-corrected chi connectivity index (χ0v) is 16.7. The van der Waals surface area contributed by atoms with Crippen LogP contribution in [0.4, 0.5) is 0 Å². The lowest BCUT2D eigenvalue weighted by atomic mass is 9.52. The molecule has 0 aliphatic heterocycles. The zero-order chi connectivity index (χ0) is 17.6.